The minimum Gasteiger partial charge on any atom is -0.459 e. The fraction of sp³-hybridized carbons (Fsp3) is 0.611. The van der Waals surface area contributed by atoms with Gasteiger partial charge in [-0.2, -0.15) is 4.72 Å². The number of hydrogen-bond donors (Lipinski definition) is 1. The number of benzene rings is 1. The summed E-state index contributed by atoms with van der Waals surface area (Å²) in [6.45, 7) is 11.7. The van der Waals surface area contributed by atoms with Gasteiger partial charge in [0.1, 0.15) is 17.5 Å². The molecule has 0 fully saturated rings. The van der Waals surface area contributed by atoms with Gasteiger partial charge >= 0.3 is 5.97 Å². The lowest BCUT2D eigenvalue weighted by molar-refractivity contribution is -0.159. The number of nitrogens with one attached hydrogen (secondary N) is 1. The molecular weight excluding hydrogens is 361 g/mol. The maximum atomic E-state index is 13.5. The van der Waals surface area contributed by atoms with Crippen LogP contribution in [0.2, 0.25) is 0 Å². The average molecular weight is 389 g/mol. The van der Waals surface area contributed by atoms with E-state index in [0.717, 1.165) is 6.07 Å². The highest BCUT2D eigenvalue weighted by Gasteiger charge is 2.32. The minimum atomic E-state index is -4.15. The molecule has 0 aromatic heterocycles. The molecule has 6 nitrogen and oxygen atoms in total. The van der Waals surface area contributed by atoms with Crippen molar-refractivity contribution in [2.75, 3.05) is 6.61 Å². The summed E-state index contributed by atoms with van der Waals surface area (Å²) in [7, 11) is -4.15. The van der Waals surface area contributed by atoms with Gasteiger partial charge in [-0.05, 0) is 66.2 Å². The van der Waals surface area contributed by atoms with Crippen molar-refractivity contribution >= 4 is 16.0 Å². The summed E-state index contributed by atoms with van der Waals surface area (Å²) in [6.07, 6.45) is 0. The van der Waals surface area contributed by atoms with Crippen LogP contribution in [0.25, 0.3) is 0 Å². The Labute approximate surface area is 155 Å². The molecule has 148 valence electrons. The number of aryl methyl sites for hydroxylation is 1. The molecule has 0 aliphatic heterocycles. The highest BCUT2D eigenvalue weighted by Crippen LogP contribution is 2.18. The fourth-order valence-corrected chi connectivity index (χ4v) is 3.40. The number of esters is 1. The van der Waals surface area contributed by atoms with Crippen molar-refractivity contribution in [3.8, 4) is 0 Å². The lowest BCUT2D eigenvalue weighted by Crippen LogP contribution is -2.48. The van der Waals surface area contributed by atoms with Crippen LogP contribution in [0.3, 0.4) is 0 Å². The predicted octanol–water partition coefficient (Wildman–Crippen LogP) is 2.94. The number of halogens is 1. The first kappa shape index (κ1) is 22.5. The molecule has 0 bridgehead atoms. The van der Waals surface area contributed by atoms with E-state index in [9.17, 15) is 17.6 Å². The first-order valence-corrected chi connectivity index (χ1v) is 9.74. The highest BCUT2D eigenvalue weighted by atomic mass is 32.2. The zero-order chi connectivity index (χ0) is 20.3. The number of sulfonamides is 1. The Morgan fingerprint density at radius 2 is 1.73 bits per heavy atom. The normalized spacial score (nSPS) is 14.2. The van der Waals surface area contributed by atoms with E-state index in [1.807, 2.05) is 0 Å². The van der Waals surface area contributed by atoms with E-state index in [-0.39, 0.29) is 11.5 Å². The van der Waals surface area contributed by atoms with E-state index < -0.39 is 39.1 Å². The van der Waals surface area contributed by atoms with Gasteiger partial charge in [-0.15, -0.1) is 0 Å². The topological polar surface area (TPSA) is 81.7 Å². The lowest BCUT2D eigenvalue weighted by atomic mass is 10.2. The molecule has 0 radical (unpaired) electrons. The van der Waals surface area contributed by atoms with E-state index in [2.05, 4.69) is 4.72 Å². The quantitative estimate of drug-likeness (QED) is 0.757. The largest absolute Gasteiger partial charge is 0.459 e. The maximum absolute atomic E-state index is 13.5. The predicted molar refractivity (Wildman–Crippen MR) is 96.8 cm³/mol. The molecule has 8 heteroatoms. The van der Waals surface area contributed by atoms with Crippen LogP contribution in [0.4, 0.5) is 4.39 Å². The Bertz CT molecular complexity index is 748. The van der Waals surface area contributed by atoms with Gasteiger partial charge in [0.15, 0.2) is 0 Å². The van der Waals surface area contributed by atoms with Crippen molar-refractivity contribution in [2.24, 2.45) is 0 Å². The van der Waals surface area contributed by atoms with Gasteiger partial charge in [0.25, 0.3) is 0 Å². The molecule has 0 aliphatic carbocycles. The average Bonchev–Trinajstić information content (AvgIpc) is 2.43. The van der Waals surface area contributed by atoms with Crippen LogP contribution >= 0.6 is 0 Å². The van der Waals surface area contributed by atoms with Crippen LogP contribution in [-0.2, 0) is 24.3 Å². The summed E-state index contributed by atoms with van der Waals surface area (Å²) in [5.74, 6) is -1.45. The second kappa shape index (κ2) is 8.02. The summed E-state index contributed by atoms with van der Waals surface area (Å²) in [6, 6.07) is 2.18. The van der Waals surface area contributed by atoms with E-state index in [1.165, 1.54) is 12.1 Å². The highest BCUT2D eigenvalue weighted by molar-refractivity contribution is 7.89. The summed E-state index contributed by atoms with van der Waals surface area (Å²) in [5.41, 5.74) is -1.02. The second-order valence-corrected chi connectivity index (χ2v) is 9.72. The Morgan fingerprint density at radius 3 is 2.23 bits per heavy atom. The van der Waals surface area contributed by atoms with Crippen molar-refractivity contribution in [2.45, 2.75) is 70.6 Å². The third kappa shape index (κ3) is 7.39. The first-order chi connectivity index (χ1) is 11.6. The van der Waals surface area contributed by atoms with Crippen molar-refractivity contribution in [3.05, 3.63) is 29.6 Å². The molecule has 0 aliphatic rings. The third-order valence-corrected chi connectivity index (χ3v) is 4.73. The van der Waals surface area contributed by atoms with Crippen molar-refractivity contribution < 1.29 is 27.1 Å². The van der Waals surface area contributed by atoms with Crippen molar-refractivity contribution in [1.29, 1.82) is 0 Å². The van der Waals surface area contributed by atoms with Gasteiger partial charge in [0.05, 0.1) is 17.1 Å². The molecule has 0 saturated carbocycles. The van der Waals surface area contributed by atoms with Gasteiger partial charge in [-0.3, -0.25) is 4.79 Å². The molecule has 0 saturated heterocycles. The number of rotatable bonds is 6. The Balaban J connectivity index is 3.13. The number of carbonyl (C=O) groups is 1. The van der Waals surface area contributed by atoms with Gasteiger partial charge in [-0.1, -0.05) is 6.07 Å². The monoisotopic (exact) mass is 389 g/mol. The summed E-state index contributed by atoms with van der Waals surface area (Å²) < 4.78 is 52.0. The Morgan fingerprint density at radius 1 is 1.15 bits per heavy atom. The van der Waals surface area contributed by atoms with Crippen LogP contribution in [0.5, 0.6) is 0 Å². The van der Waals surface area contributed by atoms with E-state index >= 15 is 0 Å². The second-order valence-electron chi connectivity index (χ2n) is 8.04. The summed E-state index contributed by atoms with van der Waals surface area (Å²) in [5, 5.41) is 0. The van der Waals surface area contributed by atoms with Gasteiger partial charge in [0, 0.05) is 0 Å². The van der Waals surface area contributed by atoms with E-state index in [4.69, 9.17) is 9.47 Å². The first-order valence-electron chi connectivity index (χ1n) is 8.26. The molecule has 0 spiro atoms. The Kier molecular flexibility index (Phi) is 6.95. The van der Waals surface area contributed by atoms with Crippen LogP contribution in [0.15, 0.2) is 23.1 Å². The molecule has 0 heterocycles. The zero-order valence-electron chi connectivity index (χ0n) is 16.3. The molecule has 26 heavy (non-hydrogen) atoms. The number of carbonyl (C=O) groups excluding carboxylic acids is 1. The standard InChI is InChI=1S/C18H28FNO5S/c1-12-8-9-13(19)10-15(12)26(22,23)20-14(11-24-17(2,3)4)16(21)25-18(5,6)7/h8-10,14,20H,11H2,1-7H3/t14-/m0/s1. The third-order valence-electron chi connectivity index (χ3n) is 3.11. The van der Waals surface area contributed by atoms with Gasteiger partial charge < -0.3 is 9.47 Å². The van der Waals surface area contributed by atoms with Crippen LogP contribution in [0, 0.1) is 12.7 Å². The maximum Gasteiger partial charge on any atom is 0.327 e. The van der Waals surface area contributed by atoms with Gasteiger partial charge in [-0.25, -0.2) is 12.8 Å². The molecule has 1 N–H and O–H groups in total. The smallest absolute Gasteiger partial charge is 0.327 e. The molecule has 0 unspecified atom stereocenters. The van der Waals surface area contributed by atoms with Crippen LogP contribution in [-0.4, -0.2) is 38.2 Å². The fourth-order valence-electron chi connectivity index (χ4n) is 1.97. The summed E-state index contributed by atoms with van der Waals surface area (Å²) in [4.78, 5) is 12.2. The number of hydrogen-bond acceptors (Lipinski definition) is 5. The molecule has 1 rings (SSSR count). The molecule has 1 aromatic rings. The lowest BCUT2D eigenvalue weighted by Gasteiger charge is -2.27. The van der Waals surface area contributed by atoms with E-state index in [0.29, 0.717) is 5.56 Å². The molecular formula is C18H28FNO5S. The van der Waals surface area contributed by atoms with Crippen LogP contribution in [0.1, 0.15) is 47.1 Å². The van der Waals surface area contributed by atoms with Crippen molar-refractivity contribution in [3.63, 3.8) is 0 Å². The zero-order valence-corrected chi connectivity index (χ0v) is 17.2. The summed E-state index contributed by atoms with van der Waals surface area (Å²) >= 11 is 0. The Hall–Kier alpha value is -1.51. The molecule has 1 aromatic carbocycles. The van der Waals surface area contributed by atoms with Crippen molar-refractivity contribution in [1.82, 2.24) is 4.72 Å². The van der Waals surface area contributed by atoms with E-state index in [1.54, 1.807) is 48.5 Å². The number of ether oxygens (including phenoxy) is 2. The van der Waals surface area contributed by atoms with Crippen LogP contribution < -0.4 is 4.72 Å². The molecule has 0 amide bonds. The van der Waals surface area contributed by atoms with Gasteiger partial charge in [0.2, 0.25) is 10.0 Å². The molecule has 1 atom stereocenters. The minimum absolute atomic E-state index is 0.216. The SMILES string of the molecule is Cc1ccc(F)cc1S(=O)(=O)N[C@@H](COC(C)(C)C)C(=O)OC(C)(C)C.